The van der Waals surface area contributed by atoms with Crippen molar-refractivity contribution in [2.75, 3.05) is 13.3 Å². The molecule has 5 N–H and O–H groups in total. The summed E-state index contributed by atoms with van der Waals surface area (Å²) in [4.78, 5) is 26.4. The first kappa shape index (κ1) is 11.7. The summed E-state index contributed by atoms with van der Waals surface area (Å²) in [7, 11) is -3.37. The lowest BCUT2D eigenvalue weighted by atomic mass is 10.8. The molecule has 0 saturated heterocycles. The van der Waals surface area contributed by atoms with Crippen molar-refractivity contribution in [1.82, 2.24) is 4.90 Å². The minimum atomic E-state index is -2.45. The van der Waals surface area contributed by atoms with Crippen LogP contribution in [-0.4, -0.2) is 38.9 Å². The molecule has 12 heavy (non-hydrogen) atoms. The number of guanidine groups is 1. The number of nitrogens with zero attached hydrogens (tertiary/aromatic N) is 2. The van der Waals surface area contributed by atoms with Crippen LogP contribution in [0.5, 0.6) is 0 Å². The van der Waals surface area contributed by atoms with Gasteiger partial charge in [0.05, 0.1) is 0 Å². The zero-order chi connectivity index (χ0) is 9.72. The van der Waals surface area contributed by atoms with Crippen LogP contribution in [0.1, 0.15) is 0 Å². The third-order valence-corrected chi connectivity index (χ3v) is 1.97. The summed E-state index contributed by atoms with van der Waals surface area (Å²) < 4.78 is 13.5. The van der Waals surface area contributed by atoms with E-state index in [9.17, 15) is 4.57 Å². The number of rotatable bonds is 3. The first-order valence-electron chi connectivity index (χ1n) is 2.80. The van der Waals surface area contributed by atoms with Crippen LogP contribution in [0.25, 0.3) is 0 Å². The predicted octanol–water partition coefficient (Wildman–Crippen LogP) is -0.863. The summed E-state index contributed by atoms with van der Waals surface area (Å²) in [5.74, 6) is -0.177. The van der Waals surface area contributed by atoms with Crippen molar-refractivity contribution in [2.24, 2.45) is 10.5 Å². The van der Waals surface area contributed by atoms with Gasteiger partial charge in [-0.1, -0.05) is 0 Å². The van der Waals surface area contributed by atoms with Gasteiger partial charge in [-0.05, 0) is 4.57 Å². The maximum Gasteiger partial charge on any atom is 0.527 e. The van der Waals surface area contributed by atoms with E-state index in [1.54, 1.807) is 0 Å². The summed E-state index contributed by atoms with van der Waals surface area (Å²) in [5, 5.41) is 0. The smallest absolute Gasteiger partial charge is 0.369 e. The van der Waals surface area contributed by atoms with Gasteiger partial charge in [0.25, 0.3) is 6.29 Å². The van der Waals surface area contributed by atoms with Gasteiger partial charge in [-0.15, -0.1) is 0 Å². The fourth-order valence-corrected chi connectivity index (χ4v) is 1.27. The highest BCUT2D eigenvalue weighted by molar-refractivity contribution is 7.43. The zero-order valence-electron chi connectivity index (χ0n) is 6.32. The van der Waals surface area contributed by atoms with Gasteiger partial charge in [-0.3, -0.25) is 0 Å². The third-order valence-electron chi connectivity index (χ3n) is 0.916. The van der Waals surface area contributed by atoms with Crippen LogP contribution in [0.3, 0.4) is 0 Å². The molecule has 0 aromatic carbocycles. The summed E-state index contributed by atoms with van der Waals surface area (Å²) in [5.41, 5.74) is 5.20. The van der Waals surface area contributed by atoms with Gasteiger partial charge in [0.15, 0.2) is 0 Å². The molecule has 0 aliphatic carbocycles. The summed E-state index contributed by atoms with van der Waals surface area (Å²) in [6.45, 7) is 0. The van der Waals surface area contributed by atoms with Gasteiger partial charge in [-0.2, -0.15) is 9.66 Å². The van der Waals surface area contributed by atoms with Crippen molar-refractivity contribution in [1.29, 1.82) is 0 Å². The molecule has 0 aliphatic rings. The fraction of sp³-hybridized carbons (Fsp3) is 0.667. The molecular weight excluding hydrogens is 204 g/mol. The van der Waals surface area contributed by atoms with Crippen LogP contribution >= 0.6 is 16.6 Å². The Bertz CT molecular complexity index is 196. The molecule has 0 bridgehead atoms. The van der Waals surface area contributed by atoms with E-state index in [0.29, 0.717) is 0 Å². The first-order valence-corrected chi connectivity index (χ1v) is 5.40. The average Bonchev–Trinajstić information content (AvgIpc) is 1.84. The van der Waals surface area contributed by atoms with Gasteiger partial charge in [-0.25, -0.2) is 0 Å². The van der Waals surface area contributed by atoms with Crippen molar-refractivity contribution in [3.05, 3.63) is 0 Å². The fourth-order valence-electron chi connectivity index (χ4n) is 0.422. The number of nitrogens with two attached hydrogens (primary N) is 1. The maximum atomic E-state index is 10.3. The van der Waals surface area contributed by atoms with Crippen LogP contribution in [0.15, 0.2) is 4.76 Å². The quantitative estimate of drug-likeness (QED) is 0.275. The second-order valence-electron chi connectivity index (χ2n) is 1.92. The molecule has 0 rings (SSSR count). The molecule has 9 heteroatoms. The zero-order valence-corrected chi connectivity index (χ0v) is 8.11. The van der Waals surface area contributed by atoms with Crippen molar-refractivity contribution in [3.63, 3.8) is 0 Å². The molecule has 0 amide bonds. The van der Waals surface area contributed by atoms with Crippen molar-refractivity contribution < 1.29 is 19.2 Å². The molecule has 0 aliphatic heterocycles. The molecular formula is C3H10N3O4P2+. The molecule has 70 valence electrons. The van der Waals surface area contributed by atoms with Gasteiger partial charge in [0.1, 0.15) is 0 Å². The van der Waals surface area contributed by atoms with Crippen molar-refractivity contribution in [2.45, 2.75) is 0 Å². The maximum absolute atomic E-state index is 10.3. The van der Waals surface area contributed by atoms with Crippen LogP contribution in [0.2, 0.25) is 0 Å². The normalized spacial score (nSPS) is 13.4. The lowest BCUT2D eigenvalue weighted by Crippen LogP contribution is -2.33. The molecule has 7 nitrogen and oxygen atoms in total. The van der Waals surface area contributed by atoms with Crippen LogP contribution in [-0.2, 0) is 4.57 Å². The number of hydrogen-bond acceptors (Lipinski definition) is 4. The van der Waals surface area contributed by atoms with E-state index >= 15 is 0 Å². The van der Waals surface area contributed by atoms with Gasteiger partial charge in [0.2, 0.25) is 5.96 Å². The summed E-state index contributed by atoms with van der Waals surface area (Å²) >= 11 is 0. The second-order valence-corrected chi connectivity index (χ2v) is 3.64. The lowest BCUT2D eigenvalue weighted by Gasteiger charge is -2.10. The highest BCUT2D eigenvalue weighted by Gasteiger charge is 2.16. The van der Waals surface area contributed by atoms with E-state index in [-0.39, 0.29) is 12.2 Å². The van der Waals surface area contributed by atoms with Crippen LogP contribution in [0, 0.1) is 0 Å². The van der Waals surface area contributed by atoms with E-state index in [1.165, 1.54) is 7.05 Å². The Morgan fingerprint density at radius 2 is 2.25 bits per heavy atom. The minimum Gasteiger partial charge on any atom is -0.369 e. The van der Waals surface area contributed by atoms with E-state index in [1.807, 2.05) is 0 Å². The largest absolute Gasteiger partial charge is 0.527 e. The highest BCUT2D eigenvalue weighted by atomic mass is 31.2. The van der Waals surface area contributed by atoms with E-state index in [4.69, 9.17) is 20.4 Å². The molecule has 0 aromatic rings. The Kier molecular flexibility index (Phi) is 5.20. The third kappa shape index (κ3) is 5.35. The van der Waals surface area contributed by atoms with E-state index in [2.05, 4.69) is 4.76 Å². The van der Waals surface area contributed by atoms with Crippen LogP contribution < -0.4 is 5.73 Å². The molecule has 0 radical (unpaired) electrons. The molecule has 0 aromatic heterocycles. The molecule has 1 unspecified atom stereocenters. The summed E-state index contributed by atoms with van der Waals surface area (Å²) in [6.07, 6.45) is -0.187. The summed E-state index contributed by atoms with van der Waals surface area (Å²) in [6, 6.07) is 0. The lowest BCUT2D eigenvalue weighted by molar-refractivity contribution is 0.466. The molecule has 0 heterocycles. The number of hydrogen-bond donors (Lipinski definition) is 4. The van der Waals surface area contributed by atoms with E-state index in [0.717, 1.165) is 4.90 Å². The Morgan fingerprint density at radius 1 is 1.75 bits per heavy atom. The Hall–Kier alpha value is -0.320. The standard InChI is InChI=1S/C3H9N3O4P2/c1-6(2-11(7)8)3(4)5-12(9)10/h9-10H,2H2,1H3,(H2-,4,5,7,8)/p+1. The highest BCUT2D eigenvalue weighted by Crippen LogP contribution is 2.24. The second kappa shape index (κ2) is 5.35. The van der Waals surface area contributed by atoms with Gasteiger partial charge in [0, 0.05) is 7.05 Å². The Morgan fingerprint density at radius 3 is 2.58 bits per heavy atom. The SMILES string of the molecule is CN(C[P+](=O)O)C(N)=NP(O)O. The monoisotopic (exact) mass is 214 g/mol. The molecule has 0 saturated carbocycles. The Balaban J connectivity index is 4.09. The van der Waals surface area contributed by atoms with Gasteiger partial charge < -0.3 is 20.4 Å². The van der Waals surface area contributed by atoms with Crippen molar-refractivity contribution >= 4 is 22.5 Å². The molecule has 0 fully saturated rings. The topological polar surface area (TPSA) is 119 Å². The minimum absolute atomic E-state index is 0.177. The molecule has 1 atom stereocenters. The van der Waals surface area contributed by atoms with Crippen molar-refractivity contribution in [3.8, 4) is 0 Å². The van der Waals surface area contributed by atoms with E-state index < -0.39 is 16.6 Å². The average molecular weight is 214 g/mol. The van der Waals surface area contributed by atoms with Gasteiger partial charge >= 0.3 is 16.6 Å². The molecule has 0 spiro atoms. The first-order chi connectivity index (χ1) is 5.43. The predicted molar refractivity (Wildman–Crippen MR) is 45.4 cm³/mol. The Labute approximate surface area is 71.4 Å². The van der Waals surface area contributed by atoms with Crippen LogP contribution in [0.4, 0.5) is 0 Å².